The van der Waals surface area contributed by atoms with Gasteiger partial charge in [0.25, 0.3) is 0 Å². The summed E-state index contributed by atoms with van der Waals surface area (Å²) >= 11 is 3.62. The fraction of sp³-hybridized carbons (Fsp3) is 0.625. The van der Waals surface area contributed by atoms with Crippen LogP contribution in [0.4, 0.5) is 0 Å². The molecule has 1 heterocycles. The molecule has 1 aliphatic carbocycles. The Kier molecular flexibility index (Phi) is 4.64. The molecule has 110 valence electrons. The first-order valence-electron chi connectivity index (χ1n) is 7.66. The Morgan fingerprint density at radius 2 is 2.10 bits per heavy atom. The van der Waals surface area contributed by atoms with Crippen LogP contribution in [0.3, 0.4) is 0 Å². The van der Waals surface area contributed by atoms with Gasteiger partial charge in [0, 0.05) is 42.3 Å². The third kappa shape index (κ3) is 3.18. The van der Waals surface area contributed by atoms with Gasteiger partial charge in [-0.3, -0.25) is 4.90 Å². The number of hydrogen-bond acceptors (Lipinski definition) is 3. The van der Waals surface area contributed by atoms with Crippen molar-refractivity contribution in [3.05, 3.63) is 28.2 Å². The lowest BCUT2D eigenvalue weighted by Gasteiger charge is -2.36. The molecule has 3 rings (SSSR count). The van der Waals surface area contributed by atoms with Crippen LogP contribution in [0.25, 0.3) is 0 Å². The molecule has 1 aromatic carbocycles. The Hall–Kier alpha value is -0.580. The van der Waals surface area contributed by atoms with Crippen LogP contribution < -0.4 is 10.1 Å². The topological polar surface area (TPSA) is 24.5 Å². The number of benzene rings is 1. The molecule has 4 heteroatoms. The first-order chi connectivity index (χ1) is 9.79. The molecule has 0 spiro atoms. The van der Waals surface area contributed by atoms with E-state index in [-0.39, 0.29) is 0 Å². The van der Waals surface area contributed by atoms with Crippen molar-refractivity contribution >= 4 is 15.9 Å². The first-order valence-corrected chi connectivity index (χ1v) is 8.46. The summed E-state index contributed by atoms with van der Waals surface area (Å²) in [6, 6.07) is 6.98. The molecule has 1 aliphatic heterocycles. The van der Waals surface area contributed by atoms with E-state index < -0.39 is 0 Å². The number of halogens is 1. The maximum absolute atomic E-state index is 5.88. The molecule has 1 N–H and O–H groups in total. The normalized spacial score (nSPS) is 21.7. The van der Waals surface area contributed by atoms with Crippen LogP contribution in [0.5, 0.6) is 5.75 Å². The standard InChI is InChI=1S/C16H23BrN2O/c1-2-20-15-6-5-13(17)11-14(15)16(12-3-4-12)19-9-7-18-8-10-19/h5-6,11-12,16,18H,2-4,7-10H2,1H3/t16-/m1/s1. The van der Waals surface area contributed by atoms with Crippen LogP contribution in [0.15, 0.2) is 22.7 Å². The van der Waals surface area contributed by atoms with E-state index in [1.165, 1.54) is 18.4 Å². The number of nitrogens with zero attached hydrogens (tertiary/aromatic N) is 1. The predicted octanol–water partition coefficient (Wildman–Crippen LogP) is 3.20. The SMILES string of the molecule is CCOc1ccc(Br)cc1[C@@H](C1CC1)N1CCNCC1. The second kappa shape index (κ2) is 6.46. The van der Waals surface area contributed by atoms with Gasteiger partial charge in [-0.05, 0) is 43.9 Å². The summed E-state index contributed by atoms with van der Waals surface area (Å²) in [5.41, 5.74) is 1.37. The van der Waals surface area contributed by atoms with Crippen LogP contribution in [0, 0.1) is 5.92 Å². The Balaban J connectivity index is 1.91. The van der Waals surface area contributed by atoms with E-state index in [0.717, 1.165) is 48.9 Å². The van der Waals surface area contributed by atoms with Crippen molar-refractivity contribution in [2.75, 3.05) is 32.8 Å². The number of nitrogens with one attached hydrogen (secondary N) is 1. The minimum absolute atomic E-state index is 0.524. The average molecular weight is 339 g/mol. The van der Waals surface area contributed by atoms with Crippen molar-refractivity contribution in [2.45, 2.75) is 25.8 Å². The van der Waals surface area contributed by atoms with Crippen molar-refractivity contribution in [2.24, 2.45) is 5.92 Å². The summed E-state index contributed by atoms with van der Waals surface area (Å²) in [6.07, 6.45) is 2.71. The second-order valence-corrected chi connectivity index (χ2v) is 6.60. The van der Waals surface area contributed by atoms with Gasteiger partial charge in [-0.15, -0.1) is 0 Å². The van der Waals surface area contributed by atoms with Crippen LogP contribution in [-0.2, 0) is 0 Å². The first kappa shape index (κ1) is 14.4. The zero-order valence-corrected chi connectivity index (χ0v) is 13.7. The fourth-order valence-corrected chi connectivity index (χ4v) is 3.54. The Bertz CT molecular complexity index is 456. The summed E-state index contributed by atoms with van der Waals surface area (Å²) in [7, 11) is 0. The van der Waals surface area contributed by atoms with Gasteiger partial charge in [0.05, 0.1) is 6.61 Å². The second-order valence-electron chi connectivity index (χ2n) is 5.68. The molecular formula is C16H23BrN2O. The van der Waals surface area contributed by atoms with Crippen molar-refractivity contribution in [1.82, 2.24) is 10.2 Å². The summed E-state index contributed by atoms with van der Waals surface area (Å²) in [4.78, 5) is 2.64. The third-order valence-corrected chi connectivity index (χ3v) is 4.70. The minimum atomic E-state index is 0.524. The highest BCUT2D eigenvalue weighted by molar-refractivity contribution is 9.10. The van der Waals surface area contributed by atoms with Gasteiger partial charge in [-0.2, -0.15) is 0 Å². The molecule has 20 heavy (non-hydrogen) atoms. The highest BCUT2D eigenvalue weighted by Crippen LogP contribution is 2.47. The summed E-state index contributed by atoms with van der Waals surface area (Å²) in [5, 5.41) is 3.45. The number of ether oxygens (including phenoxy) is 1. The molecule has 1 saturated heterocycles. The molecule has 0 unspecified atom stereocenters. The molecule has 2 aliphatic rings. The zero-order valence-electron chi connectivity index (χ0n) is 12.1. The number of piperazine rings is 1. The zero-order chi connectivity index (χ0) is 13.9. The molecular weight excluding hydrogens is 316 g/mol. The van der Waals surface area contributed by atoms with Crippen LogP contribution >= 0.6 is 15.9 Å². The van der Waals surface area contributed by atoms with E-state index >= 15 is 0 Å². The molecule has 1 aromatic rings. The lowest BCUT2D eigenvalue weighted by molar-refractivity contribution is 0.152. The van der Waals surface area contributed by atoms with Gasteiger partial charge < -0.3 is 10.1 Å². The molecule has 1 saturated carbocycles. The number of rotatable bonds is 5. The van der Waals surface area contributed by atoms with E-state index in [1.807, 2.05) is 0 Å². The molecule has 0 bridgehead atoms. The van der Waals surface area contributed by atoms with Crippen molar-refractivity contribution in [1.29, 1.82) is 0 Å². The van der Waals surface area contributed by atoms with Gasteiger partial charge in [-0.25, -0.2) is 0 Å². The summed E-state index contributed by atoms with van der Waals surface area (Å²) < 4.78 is 7.03. The van der Waals surface area contributed by atoms with Crippen LogP contribution in [0.2, 0.25) is 0 Å². The molecule has 0 aromatic heterocycles. The van der Waals surface area contributed by atoms with E-state index in [9.17, 15) is 0 Å². The maximum Gasteiger partial charge on any atom is 0.124 e. The Labute approximate surface area is 129 Å². The van der Waals surface area contributed by atoms with Crippen molar-refractivity contribution in [3.8, 4) is 5.75 Å². The molecule has 0 radical (unpaired) electrons. The lowest BCUT2D eigenvalue weighted by Crippen LogP contribution is -2.45. The third-order valence-electron chi connectivity index (χ3n) is 4.20. The summed E-state index contributed by atoms with van der Waals surface area (Å²) in [6.45, 7) is 7.26. The number of hydrogen-bond donors (Lipinski definition) is 1. The van der Waals surface area contributed by atoms with Gasteiger partial charge >= 0.3 is 0 Å². The van der Waals surface area contributed by atoms with Crippen molar-refractivity contribution in [3.63, 3.8) is 0 Å². The Morgan fingerprint density at radius 3 is 2.75 bits per heavy atom. The van der Waals surface area contributed by atoms with E-state index in [2.05, 4.69) is 51.3 Å². The smallest absolute Gasteiger partial charge is 0.124 e. The van der Waals surface area contributed by atoms with Crippen LogP contribution in [-0.4, -0.2) is 37.7 Å². The van der Waals surface area contributed by atoms with E-state index in [1.54, 1.807) is 0 Å². The fourth-order valence-electron chi connectivity index (χ4n) is 3.16. The quantitative estimate of drug-likeness (QED) is 0.892. The van der Waals surface area contributed by atoms with Crippen molar-refractivity contribution < 1.29 is 4.74 Å². The molecule has 0 amide bonds. The van der Waals surface area contributed by atoms with Gasteiger partial charge in [-0.1, -0.05) is 15.9 Å². The van der Waals surface area contributed by atoms with Gasteiger partial charge in [0.1, 0.15) is 5.75 Å². The van der Waals surface area contributed by atoms with E-state index in [4.69, 9.17) is 4.74 Å². The summed E-state index contributed by atoms with van der Waals surface area (Å²) in [5.74, 6) is 1.87. The maximum atomic E-state index is 5.88. The Morgan fingerprint density at radius 1 is 1.35 bits per heavy atom. The van der Waals surface area contributed by atoms with Gasteiger partial charge in [0.15, 0.2) is 0 Å². The monoisotopic (exact) mass is 338 g/mol. The highest BCUT2D eigenvalue weighted by atomic mass is 79.9. The molecule has 2 fully saturated rings. The predicted molar refractivity (Wildman–Crippen MR) is 85.2 cm³/mol. The van der Waals surface area contributed by atoms with Crippen LogP contribution in [0.1, 0.15) is 31.4 Å². The molecule has 3 nitrogen and oxygen atoms in total. The highest BCUT2D eigenvalue weighted by Gasteiger charge is 2.38. The average Bonchev–Trinajstić information content (AvgIpc) is 3.28. The van der Waals surface area contributed by atoms with E-state index in [0.29, 0.717) is 6.04 Å². The minimum Gasteiger partial charge on any atom is -0.494 e. The lowest BCUT2D eigenvalue weighted by atomic mass is 9.98. The van der Waals surface area contributed by atoms with Gasteiger partial charge in [0.2, 0.25) is 0 Å². The molecule has 1 atom stereocenters. The largest absolute Gasteiger partial charge is 0.494 e.